The van der Waals surface area contributed by atoms with Crippen molar-refractivity contribution in [2.45, 2.75) is 25.9 Å². The first-order chi connectivity index (χ1) is 11.7. The van der Waals surface area contributed by atoms with Crippen molar-refractivity contribution in [1.82, 2.24) is 15.3 Å². The van der Waals surface area contributed by atoms with Gasteiger partial charge in [0.15, 0.2) is 0 Å². The van der Waals surface area contributed by atoms with Crippen molar-refractivity contribution in [2.75, 3.05) is 7.11 Å². The topological polar surface area (TPSA) is 66.8 Å². The van der Waals surface area contributed by atoms with E-state index >= 15 is 0 Å². The van der Waals surface area contributed by atoms with Gasteiger partial charge in [0.05, 0.1) is 19.7 Å². The summed E-state index contributed by atoms with van der Waals surface area (Å²) in [5.74, 6) is 0.983. The molecule has 6 heteroatoms. The number of aromatic nitrogens is 1. The van der Waals surface area contributed by atoms with E-state index in [2.05, 4.69) is 34.5 Å². The molecule has 0 spiro atoms. The molecule has 0 aliphatic carbocycles. The van der Waals surface area contributed by atoms with Crippen LogP contribution in [-0.2, 0) is 6.54 Å². The summed E-state index contributed by atoms with van der Waals surface area (Å²) in [6, 6.07) is 13.7. The zero-order chi connectivity index (χ0) is 16.9. The smallest absolute Gasteiger partial charge is 0.275 e. The van der Waals surface area contributed by atoms with Crippen LogP contribution in [0.3, 0.4) is 0 Å². The highest BCUT2D eigenvalue weighted by Crippen LogP contribution is 2.18. The Morgan fingerprint density at radius 3 is 2.88 bits per heavy atom. The Morgan fingerprint density at radius 2 is 2.12 bits per heavy atom. The van der Waals surface area contributed by atoms with Gasteiger partial charge in [0, 0.05) is 18.7 Å². The molecule has 1 aliphatic rings. The largest absolute Gasteiger partial charge is 0.497 e. The maximum atomic E-state index is 12.3. The molecule has 1 unspecified atom stereocenters. The molecule has 24 heavy (non-hydrogen) atoms. The maximum absolute atomic E-state index is 12.3. The molecule has 1 aromatic heterocycles. The van der Waals surface area contributed by atoms with Crippen LogP contribution in [0, 0.1) is 0 Å². The fraction of sp³-hybridized carbons (Fsp3) is 0.278. The summed E-state index contributed by atoms with van der Waals surface area (Å²) in [7, 11) is 1.56. The number of carbonyl (C=O) groups is 1. The van der Waals surface area contributed by atoms with Crippen LogP contribution in [0.2, 0.25) is 0 Å². The summed E-state index contributed by atoms with van der Waals surface area (Å²) < 4.78 is 5.12. The third kappa shape index (κ3) is 3.71. The lowest BCUT2D eigenvalue weighted by Gasteiger charge is -2.19. The minimum Gasteiger partial charge on any atom is -0.497 e. The van der Waals surface area contributed by atoms with Gasteiger partial charge in [-0.25, -0.2) is 0 Å². The molecule has 1 N–H and O–H groups in total. The first kappa shape index (κ1) is 16.0. The molecular weight excluding hydrogens is 304 g/mol. The van der Waals surface area contributed by atoms with Gasteiger partial charge in [-0.2, -0.15) is 5.10 Å². The molecule has 0 bridgehead atoms. The van der Waals surface area contributed by atoms with Crippen LogP contribution in [0.25, 0.3) is 0 Å². The summed E-state index contributed by atoms with van der Waals surface area (Å²) in [6.07, 6.45) is 2.25. The number of rotatable bonds is 4. The lowest BCUT2D eigenvalue weighted by Crippen LogP contribution is -2.30. The van der Waals surface area contributed by atoms with Crippen LogP contribution < -0.4 is 10.1 Å². The van der Waals surface area contributed by atoms with Gasteiger partial charge >= 0.3 is 0 Å². The number of pyridine rings is 1. The molecule has 0 saturated carbocycles. The molecule has 3 rings (SSSR count). The number of nitrogens with one attached hydrogen (secondary N) is 1. The Hall–Kier alpha value is -2.89. The van der Waals surface area contributed by atoms with E-state index in [0.717, 1.165) is 6.54 Å². The molecule has 1 aliphatic heterocycles. The predicted molar refractivity (Wildman–Crippen MR) is 91.8 cm³/mol. The highest BCUT2D eigenvalue weighted by atomic mass is 16.5. The van der Waals surface area contributed by atoms with Crippen molar-refractivity contribution < 1.29 is 9.53 Å². The number of hydrogen-bond acceptors (Lipinski definition) is 5. The van der Waals surface area contributed by atoms with E-state index in [9.17, 15) is 4.79 Å². The Bertz CT molecular complexity index is 746. The van der Waals surface area contributed by atoms with Crippen LogP contribution in [-0.4, -0.2) is 34.9 Å². The molecule has 1 amide bonds. The normalized spacial score (nSPS) is 16.7. The number of methoxy groups -OCH3 is 1. The number of carbonyl (C=O) groups excluding carboxylic acids is 1. The summed E-state index contributed by atoms with van der Waals surface area (Å²) >= 11 is 0. The van der Waals surface area contributed by atoms with E-state index in [1.54, 1.807) is 25.4 Å². The second kappa shape index (κ2) is 7.12. The summed E-state index contributed by atoms with van der Waals surface area (Å²) in [6.45, 7) is 2.81. The number of amidine groups is 1. The summed E-state index contributed by atoms with van der Waals surface area (Å²) in [5.41, 5.74) is 1.50. The van der Waals surface area contributed by atoms with Crippen LogP contribution in [0.4, 0.5) is 0 Å². The molecule has 124 valence electrons. The molecule has 6 nitrogen and oxygen atoms in total. The van der Waals surface area contributed by atoms with Crippen LogP contribution in [0.1, 0.15) is 29.4 Å². The van der Waals surface area contributed by atoms with Crippen molar-refractivity contribution in [1.29, 1.82) is 0 Å². The SMILES string of the molecule is COc1ccnc(C(=O)NC2=NN(Cc3ccccc3)C(C)C2)c1. The molecule has 0 fully saturated rings. The van der Waals surface area contributed by atoms with E-state index in [-0.39, 0.29) is 11.9 Å². The lowest BCUT2D eigenvalue weighted by atomic mass is 10.2. The molecule has 2 heterocycles. The molecule has 1 aromatic carbocycles. The standard InChI is InChI=1S/C18H20N4O2/c1-13-10-17(21-22(13)12-14-6-4-3-5-7-14)20-18(23)16-11-15(24-2)8-9-19-16/h3-9,11,13H,10,12H2,1-2H3,(H,20,21,23). The van der Waals surface area contributed by atoms with Gasteiger partial charge in [0.1, 0.15) is 17.3 Å². The number of benzene rings is 1. The van der Waals surface area contributed by atoms with Gasteiger partial charge in [-0.3, -0.25) is 14.8 Å². The molecule has 0 saturated heterocycles. The average molecular weight is 324 g/mol. The van der Waals surface area contributed by atoms with Crippen LogP contribution in [0.5, 0.6) is 5.75 Å². The number of amides is 1. The third-order valence-electron chi connectivity index (χ3n) is 3.89. The highest BCUT2D eigenvalue weighted by Gasteiger charge is 2.24. The zero-order valence-corrected chi connectivity index (χ0v) is 13.8. The van der Waals surface area contributed by atoms with E-state index in [0.29, 0.717) is 23.7 Å². The van der Waals surface area contributed by atoms with Crippen molar-refractivity contribution in [3.05, 3.63) is 59.9 Å². The van der Waals surface area contributed by atoms with Gasteiger partial charge in [-0.1, -0.05) is 30.3 Å². The highest BCUT2D eigenvalue weighted by molar-refractivity contribution is 6.06. The number of hydrazone groups is 1. The monoisotopic (exact) mass is 324 g/mol. The quantitative estimate of drug-likeness (QED) is 0.938. The Morgan fingerprint density at radius 1 is 1.33 bits per heavy atom. The van der Waals surface area contributed by atoms with E-state index in [4.69, 9.17) is 4.74 Å². The maximum Gasteiger partial charge on any atom is 0.275 e. The van der Waals surface area contributed by atoms with Gasteiger partial charge in [-0.05, 0) is 18.6 Å². The molecular formula is C18H20N4O2. The predicted octanol–water partition coefficient (Wildman–Crippen LogP) is 2.43. The van der Waals surface area contributed by atoms with E-state index in [1.165, 1.54) is 5.56 Å². The Labute approximate surface area is 141 Å². The van der Waals surface area contributed by atoms with Crippen molar-refractivity contribution in [3.8, 4) is 5.75 Å². The minimum atomic E-state index is -0.276. The van der Waals surface area contributed by atoms with Gasteiger partial charge in [0.25, 0.3) is 5.91 Å². The van der Waals surface area contributed by atoms with Crippen molar-refractivity contribution >= 4 is 11.7 Å². The lowest BCUT2D eigenvalue weighted by molar-refractivity contribution is 0.0971. The Balaban J connectivity index is 1.66. The van der Waals surface area contributed by atoms with E-state index in [1.807, 2.05) is 23.2 Å². The van der Waals surface area contributed by atoms with Gasteiger partial charge < -0.3 is 10.1 Å². The molecule has 2 aromatic rings. The van der Waals surface area contributed by atoms with Gasteiger partial charge in [0.2, 0.25) is 0 Å². The fourth-order valence-electron chi connectivity index (χ4n) is 2.57. The first-order valence-electron chi connectivity index (χ1n) is 7.85. The first-order valence-corrected chi connectivity index (χ1v) is 7.85. The summed E-state index contributed by atoms with van der Waals surface area (Å²) in [4.78, 5) is 16.4. The Kier molecular flexibility index (Phi) is 4.74. The number of hydrogen-bond donors (Lipinski definition) is 1. The zero-order valence-electron chi connectivity index (χ0n) is 13.8. The van der Waals surface area contributed by atoms with Crippen LogP contribution >= 0.6 is 0 Å². The van der Waals surface area contributed by atoms with Gasteiger partial charge in [-0.15, -0.1) is 0 Å². The fourth-order valence-corrected chi connectivity index (χ4v) is 2.57. The second-order valence-electron chi connectivity index (χ2n) is 5.72. The number of ether oxygens (including phenoxy) is 1. The van der Waals surface area contributed by atoms with E-state index < -0.39 is 0 Å². The molecule has 1 atom stereocenters. The average Bonchev–Trinajstić information content (AvgIpc) is 2.95. The van der Waals surface area contributed by atoms with Crippen molar-refractivity contribution in [2.24, 2.45) is 5.10 Å². The molecule has 0 radical (unpaired) electrons. The van der Waals surface area contributed by atoms with Crippen LogP contribution in [0.15, 0.2) is 53.8 Å². The third-order valence-corrected chi connectivity index (χ3v) is 3.89. The summed E-state index contributed by atoms with van der Waals surface area (Å²) in [5, 5.41) is 9.37. The number of nitrogens with zero attached hydrogens (tertiary/aromatic N) is 3. The van der Waals surface area contributed by atoms with Crippen molar-refractivity contribution in [3.63, 3.8) is 0 Å². The minimum absolute atomic E-state index is 0.235. The second-order valence-corrected chi connectivity index (χ2v) is 5.72.